The molecule has 7 nitrogen and oxygen atoms in total. The van der Waals surface area contributed by atoms with Gasteiger partial charge < -0.3 is 19.5 Å². The first-order valence-electron chi connectivity index (χ1n) is 12.8. The number of aromatic carboxylic acids is 1. The predicted molar refractivity (Wildman–Crippen MR) is 135 cm³/mol. The molecule has 7 heteroatoms. The maximum Gasteiger partial charge on any atom is 0.411 e. The number of carbonyl (C=O) groups excluding carboxylic acids is 1. The zero-order valence-electron chi connectivity index (χ0n) is 20.3. The smallest absolute Gasteiger partial charge is 0.411 e. The maximum atomic E-state index is 12.5. The molecular formula is C28H34N2O5. The Bertz CT molecular complexity index is 1090. The van der Waals surface area contributed by atoms with E-state index in [0.29, 0.717) is 11.8 Å². The molecule has 1 unspecified atom stereocenters. The van der Waals surface area contributed by atoms with Crippen molar-refractivity contribution in [3.05, 3.63) is 53.1 Å². The zero-order chi connectivity index (χ0) is 24.4. The summed E-state index contributed by atoms with van der Waals surface area (Å²) in [6.07, 6.45) is 9.43. The molecule has 5 rings (SSSR count). The summed E-state index contributed by atoms with van der Waals surface area (Å²) in [5, 5.41) is 12.3. The first-order chi connectivity index (χ1) is 17.0. The van der Waals surface area contributed by atoms with E-state index >= 15 is 0 Å². The van der Waals surface area contributed by atoms with E-state index in [0.717, 1.165) is 49.9 Å². The zero-order valence-corrected chi connectivity index (χ0v) is 20.3. The third-order valence-corrected chi connectivity index (χ3v) is 7.78. The molecular weight excluding hydrogens is 444 g/mol. The molecule has 2 fully saturated rings. The van der Waals surface area contributed by atoms with Crippen molar-refractivity contribution in [2.24, 2.45) is 0 Å². The highest BCUT2D eigenvalue weighted by Gasteiger charge is 2.35. The minimum atomic E-state index is -0.964. The van der Waals surface area contributed by atoms with Crippen molar-refractivity contribution in [1.29, 1.82) is 0 Å². The first kappa shape index (κ1) is 23.5. The number of amides is 1. The van der Waals surface area contributed by atoms with Crippen molar-refractivity contribution < 1.29 is 24.2 Å². The molecule has 0 spiro atoms. The van der Waals surface area contributed by atoms with Crippen LogP contribution in [0, 0.1) is 0 Å². The Morgan fingerprint density at radius 1 is 1.03 bits per heavy atom. The highest BCUT2D eigenvalue weighted by atomic mass is 16.6. The second-order valence-electron chi connectivity index (χ2n) is 10.0. The molecule has 3 aliphatic rings. The lowest BCUT2D eigenvalue weighted by molar-refractivity contribution is 0.0696. The lowest BCUT2D eigenvalue weighted by Crippen LogP contribution is -2.32. The molecule has 186 valence electrons. The van der Waals surface area contributed by atoms with E-state index in [-0.39, 0.29) is 23.7 Å². The van der Waals surface area contributed by atoms with Crippen molar-refractivity contribution in [3.63, 3.8) is 0 Å². The number of nitrogens with zero attached hydrogens (tertiary/aromatic N) is 1. The molecule has 2 N–H and O–H groups in total. The van der Waals surface area contributed by atoms with Crippen LogP contribution in [0.2, 0.25) is 0 Å². The largest absolute Gasteiger partial charge is 0.496 e. The van der Waals surface area contributed by atoms with E-state index in [1.54, 1.807) is 19.2 Å². The van der Waals surface area contributed by atoms with Crippen LogP contribution in [0.5, 0.6) is 5.75 Å². The molecule has 2 saturated carbocycles. The Morgan fingerprint density at radius 2 is 1.77 bits per heavy atom. The van der Waals surface area contributed by atoms with Crippen molar-refractivity contribution in [3.8, 4) is 5.75 Å². The van der Waals surface area contributed by atoms with Crippen LogP contribution in [-0.4, -0.2) is 43.0 Å². The maximum absolute atomic E-state index is 12.5. The van der Waals surface area contributed by atoms with Gasteiger partial charge in [0.1, 0.15) is 11.9 Å². The SMILES string of the molecule is COc1cc(C(=O)O)ccc1CC1CN(C2CCCC2)c2ccc(NC(=O)OC3CCCC3)cc21. The number of anilines is 2. The second kappa shape index (κ2) is 10.2. The fraction of sp³-hybridized carbons (Fsp3) is 0.500. The number of hydrogen-bond donors (Lipinski definition) is 2. The van der Waals surface area contributed by atoms with Gasteiger partial charge in [-0.2, -0.15) is 0 Å². The van der Waals surface area contributed by atoms with Crippen LogP contribution >= 0.6 is 0 Å². The monoisotopic (exact) mass is 478 g/mol. The number of rotatable bonds is 7. The second-order valence-corrected chi connectivity index (χ2v) is 10.0. The number of benzene rings is 2. The van der Waals surface area contributed by atoms with Crippen LogP contribution < -0.4 is 15.0 Å². The molecule has 2 aromatic rings. The van der Waals surface area contributed by atoms with E-state index in [9.17, 15) is 14.7 Å². The van der Waals surface area contributed by atoms with Crippen LogP contribution in [0.4, 0.5) is 16.2 Å². The lowest BCUT2D eigenvalue weighted by Gasteiger charge is -2.27. The molecule has 1 atom stereocenters. The number of hydrogen-bond acceptors (Lipinski definition) is 5. The van der Waals surface area contributed by atoms with Crippen LogP contribution in [0.1, 0.15) is 78.8 Å². The van der Waals surface area contributed by atoms with Gasteiger partial charge in [0.2, 0.25) is 0 Å². The number of ether oxygens (including phenoxy) is 2. The summed E-state index contributed by atoms with van der Waals surface area (Å²) < 4.78 is 11.1. The summed E-state index contributed by atoms with van der Waals surface area (Å²) in [6, 6.07) is 11.8. The van der Waals surface area contributed by atoms with Gasteiger partial charge in [-0.25, -0.2) is 9.59 Å². The van der Waals surface area contributed by atoms with Crippen LogP contribution in [0.15, 0.2) is 36.4 Å². The molecule has 2 aliphatic carbocycles. The van der Waals surface area contributed by atoms with Gasteiger partial charge in [0, 0.05) is 29.9 Å². The van der Waals surface area contributed by atoms with Gasteiger partial charge >= 0.3 is 12.1 Å². The van der Waals surface area contributed by atoms with Gasteiger partial charge in [-0.05, 0) is 86.4 Å². The van der Waals surface area contributed by atoms with Gasteiger partial charge in [0.15, 0.2) is 0 Å². The summed E-state index contributed by atoms with van der Waals surface area (Å²) in [7, 11) is 1.58. The summed E-state index contributed by atoms with van der Waals surface area (Å²) in [5.41, 5.74) is 4.40. The van der Waals surface area contributed by atoms with E-state index in [4.69, 9.17) is 9.47 Å². The van der Waals surface area contributed by atoms with Crippen LogP contribution in [0.25, 0.3) is 0 Å². The molecule has 2 aromatic carbocycles. The number of fused-ring (bicyclic) bond motifs is 1. The highest BCUT2D eigenvalue weighted by molar-refractivity contribution is 5.88. The molecule has 1 aliphatic heterocycles. The number of carboxylic acid groups (broad SMARTS) is 1. The van der Waals surface area contributed by atoms with Crippen molar-refractivity contribution in [2.75, 3.05) is 23.9 Å². The fourth-order valence-corrected chi connectivity index (χ4v) is 6.01. The summed E-state index contributed by atoms with van der Waals surface area (Å²) in [5.74, 6) is -0.156. The van der Waals surface area contributed by atoms with Crippen LogP contribution in [-0.2, 0) is 11.2 Å². The summed E-state index contributed by atoms with van der Waals surface area (Å²) >= 11 is 0. The van der Waals surface area contributed by atoms with E-state index in [1.165, 1.54) is 36.9 Å². The Balaban J connectivity index is 1.39. The summed E-state index contributed by atoms with van der Waals surface area (Å²) in [4.78, 5) is 26.4. The minimum Gasteiger partial charge on any atom is -0.496 e. The van der Waals surface area contributed by atoms with Crippen molar-refractivity contribution in [1.82, 2.24) is 0 Å². The van der Waals surface area contributed by atoms with Gasteiger partial charge in [-0.1, -0.05) is 18.9 Å². The topological polar surface area (TPSA) is 88.1 Å². The lowest BCUT2D eigenvalue weighted by atomic mass is 9.92. The van der Waals surface area contributed by atoms with Gasteiger partial charge in [0.05, 0.1) is 12.7 Å². The minimum absolute atomic E-state index is 0.0243. The standard InChI is InChI=1S/C28H34N2O5/c1-34-26-15-19(27(31)32)11-10-18(26)14-20-17-30(22-6-2-3-7-22)25-13-12-21(16-24(20)25)29-28(33)35-23-8-4-5-9-23/h10-13,15-16,20,22-23H,2-9,14,17H2,1H3,(H,29,33)(H,31,32). The molecule has 0 bridgehead atoms. The van der Waals surface area contributed by atoms with E-state index in [2.05, 4.69) is 22.3 Å². The average molecular weight is 479 g/mol. The van der Waals surface area contributed by atoms with Crippen molar-refractivity contribution in [2.45, 2.75) is 75.9 Å². The quantitative estimate of drug-likeness (QED) is 0.509. The predicted octanol–water partition coefficient (Wildman–Crippen LogP) is 5.97. The number of nitrogens with one attached hydrogen (secondary N) is 1. The van der Waals surface area contributed by atoms with E-state index < -0.39 is 5.97 Å². The Morgan fingerprint density at radius 3 is 2.49 bits per heavy atom. The molecule has 35 heavy (non-hydrogen) atoms. The number of methoxy groups -OCH3 is 1. The van der Waals surface area contributed by atoms with Crippen LogP contribution in [0.3, 0.4) is 0 Å². The third-order valence-electron chi connectivity index (χ3n) is 7.78. The van der Waals surface area contributed by atoms with Crippen molar-refractivity contribution >= 4 is 23.4 Å². The Labute approximate surface area is 206 Å². The number of carboxylic acids is 1. The Hall–Kier alpha value is -3.22. The van der Waals surface area contributed by atoms with E-state index in [1.807, 2.05) is 12.1 Å². The Kier molecular flexibility index (Phi) is 6.84. The van der Waals surface area contributed by atoms with Gasteiger partial charge in [0.25, 0.3) is 0 Å². The third kappa shape index (κ3) is 5.09. The van der Waals surface area contributed by atoms with Gasteiger partial charge in [-0.15, -0.1) is 0 Å². The van der Waals surface area contributed by atoms with Gasteiger partial charge in [-0.3, -0.25) is 5.32 Å². The first-order valence-corrected chi connectivity index (χ1v) is 12.8. The molecule has 0 saturated heterocycles. The molecule has 1 amide bonds. The fourth-order valence-electron chi connectivity index (χ4n) is 6.01. The highest BCUT2D eigenvalue weighted by Crippen LogP contribution is 2.44. The molecule has 1 heterocycles. The molecule has 0 aromatic heterocycles. The average Bonchev–Trinajstić information content (AvgIpc) is 3.61. The summed E-state index contributed by atoms with van der Waals surface area (Å²) in [6.45, 7) is 0.903. The normalized spacial score (nSPS) is 20.1. The number of carbonyl (C=O) groups is 2. The molecule has 0 radical (unpaired) electrons.